The Balaban J connectivity index is 1.56. The van der Waals surface area contributed by atoms with Crippen molar-refractivity contribution >= 4 is 27.6 Å². The van der Waals surface area contributed by atoms with Gasteiger partial charge in [-0.05, 0) is 36.2 Å². The quantitative estimate of drug-likeness (QED) is 0.469. The first kappa shape index (κ1) is 24.9. The molecule has 0 fully saturated rings. The number of carbonyl (C=O) groups is 2. The lowest BCUT2D eigenvalue weighted by Gasteiger charge is -2.15. The van der Waals surface area contributed by atoms with Crippen molar-refractivity contribution in [1.82, 2.24) is 4.31 Å². The molecule has 3 rings (SSSR count). The molecule has 0 aliphatic rings. The van der Waals surface area contributed by atoms with Crippen LogP contribution < -0.4 is 10.1 Å². The molecule has 0 aliphatic carbocycles. The number of anilines is 1. The molecule has 0 aromatic heterocycles. The molecule has 3 aromatic rings. The molecule has 34 heavy (non-hydrogen) atoms. The third-order valence-corrected chi connectivity index (χ3v) is 6.87. The normalized spacial score (nSPS) is 11.2. The Hall–Kier alpha value is -3.69. The fraction of sp³-hybridized carbons (Fsp3) is 0.200. The van der Waals surface area contributed by atoms with Crippen molar-refractivity contribution in [1.29, 1.82) is 0 Å². The molecule has 1 amide bonds. The second-order valence-electron chi connectivity index (χ2n) is 7.63. The standard InChI is InChI=1S/C25H26N2O6S/c1-18-13-14-20(15-23(18)34(30,31)27(2)3)26-24(28)16-33-25(29)17-32-22-12-8-7-11-21(22)19-9-5-4-6-10-19/h4-15H,16-17H2,1-3H3,(H,26,28). The number of ether oxygens (including phenoxy) is 2. The van der Waals surface area contributed by atoms with Crippen LogP contribution in [0.2, 0.25) is 0 Å². The largest absolute Gasteiger partial charge is 0.481 e. The number of esters is 1. The van der Waals surface area contributed by atoms with Crippen molar-refractivity contribution in [3.63, 3.8) is 0 Å². The van der Waals surface area contributed by atoms with E-state index in [1.807, 2.05) is 42.5 Å². The smallest absolute Gasteiger partial charge is 0.344 e. The number of carbonyl (C=O) groups excluding carboxylic acids is 2. The van der Waals surface area contributed by atoms with Gasteiger partial charge >= 0.3 is 5.97 Å². The first-order valence-electron chi connectivity index (χ1n) is 10.4. The zero-order valence-corrected chi connectivity index (χ0v) is 20.0. The first-order valence-corrected chi connectivity index (χ1v) is 11.9. The maximum Gasteiger partial charge on any atom is 0.344 e. The fourth-order valence-corrected chi connectivity index (χ4v) is 4.27. The highest BCUT2D eigenvalue weighted by molar-refractivity contribution is 7.89. The van der Waals surface area contributed by atoms with Gasteiger partial charge in [-0.3, -0.25) is 4.79 Å². The van der Waals surface area contributed by atoms with Crippen molar-refractivity contribution < 1.29 is 27.5 Å². The van der Waals surface area contributed by atoms with Crippen molar-refractivity contribution in [2.24, 2.45) is 0 Å². The molecule has 0 aliphatic heterocycles. The van der Waals surface area contributed by atoms with E-state index in [1.54, 1.807) is 31.2 Å². The maximum absolute atomic E-state index is 12.4. The minimum absolute atomic E-state index is 0.0813. The number of aryl methyl sites for hydroxylation is 1. The van der Waals surface area contributed by atoms with E-state index >= 15 is 0 Å². The van der Waals surface area contributed by atoms with Gasteiger partial charge in [0, 0.05) is 25.3 Å². The number of nitrogens with one attached hydrogen (secondary N) is 1. The van der Waals surface area contributed by atoms with Gasteiger partial charge in [-0.15, -0.1) is 0 Å². The van der Waals surface area contributed by atoms with Crippen LogP contribution in [0.15, 0.2) is 77.7 Å². The highest BCUT2D eigenvalue weighted by Crippen LogP contribution is 2.29. The van der Waals surface area contributed by atoms with Gasteiger partial charge < -0.3 is 14.8 Å². The van der Waals surface area contributed by atoms with Crippen LogP contribution in [0.1, 0.15) is 5.56 Å². The van der Waals surface area contributed by atoms with Gasteiger partial charge in [0.25, 0.3) is 5.91 Å². The molecule has 0 bridgehead atoms. The molecule has 0 saturated heterocycles. The Morgan fingerprint density at radius 2 is 1.59 bits per heavy atom. The van der Waals surface area contributed by atoms with Gasteiger partial charge in [0.1, 0.15) is 5.75 Å². The number of benzene rings is 3. The van der Waals surface area contributed by atoms with Crippen molar-refractivity contribution in [3.8, 4) is 16.9 Å². The fourth-order valence-electron chi connectivity index (χ4n) is 3.12. The Bertz CT molecular complexity index is 1270. The average Bonchev–Trinajstić information content (AvgIpc) is 2.83. The zero-order chi connectivity index (χ0) is 24.7. The Kier molecular flexibility index (Phi) is 8.04. The van der Waals surface area contributed by atoms with E-state index in [0.717, 1.165) is 15.4 Å². The van der Waals surface area contributed by atoms with Gasteiger partial charge in [-0.25, -0.2) is 17.5 Å². The van der Waals surface area contributed by atoms with Crippen LogP contribution in [-0.4, -0.2) is 51.9 Å². The van der Waals surface area contributed by atoms with Crippen LogP contribution in [-0.2, 0) is 24.3 Å². The summed E-state index contributed by atoms with van der Waals surface area (Å²) in [6, 6.07) is 21.4. The minimum atomic E-state index is -3.67. The van der Waals surface area contributed by atoms with Gasteiger partial charge in [0.2, 0.25) is 10.0 Å². The third-order valence-electron chi connectivity index (χ3n) is 4.91. The summed E-state index contributed by atoms with van der Waals surface area (Å²) >= 11 is 0. The molecule has 0 heterocycles. The first-order chi connectivity index (χ1) is 16.2. The molecule has 3 aromatic carbocycles. The molecular weight excluding hydrogens is 456 g/mol. The van der Waals surface area contributed by atoms with Crippen LogP contribution in [0, 0.1) is 6.92 Å². The Labute approximate surface area is 199 Å². The lowest BCUT2D eigenvalue weighted by Crippen LogP contribution is -2.25. The summed E-state index contributed by atoms with van der Waals surface area (Å²) < 4.78 is 36.6. The van der Waals surface area contributed by atoms with Crippen molar-refractivity contribution in [2.45, 2.75) is 11.8 Å². The van der Waals surface area contributed by atoms with E-state index < -0.39 is 28.5 Å². The van der Waals surface area contributed by atoms with E-state index in [1.165, 1.54) is 20.2 Å². The summed E-state index contributed by atoms with van der Waals surface area (Å²) in [5.74, 6) is -0.794. The molecule has 8 nitrogen and oxygen atoms in total. The Morgan fingerprint density at radius 3 is 2.29 bits per heavy atom. The highest BCUT2D eigenvalue weighted by Gasteiger charge is 2.20. The summed E-state index contributed by atoms with van der Waals surface area (Å²) in [5.41, 5.74) is 2.60. The van der Waals surface area contributed by atoms with Gasteiger partial charge in [-0.2, -0.15) is 0 Å². The Morgan fingerprint density at radius 1 is 0.912 bits per heavy atom. The molecule has 1 N–H and O–H groups in total. The van der Waals surface area contributed by atoms with Crippen LogP contribution in [0.4, 0.5) is 5.69 Å². The molecule has 178 valence electrons. The minimum Gasteiger partial charge on any atom is -0.481 e. The number of hydrogen-bond acceptors (Lipinski definition) is 6. The number of sulfonamides is 1. The summed E-state index contributed by atoms with van der Waals surface area (Å²) in [6.07, 6.45) is 0. The molecule has 0 unspecified atom stereocenters. The maximum atomic E-state index is 12.4. The topological polar surface area (TPSA) is 102 Å². The summed E-state index contributed by atoms with van der Waals surface area (Å²) in [4.78, 5) is 24.4. The molecule has 0 spiro atoms. The number of rotatable bonds is 9. The number of para-hydroxylation sites is 1. The van der Waals surface area contributed by atoms with Gasteiger partial charge in [-0.1, -0.05) is 54.6 Å². The number of nitrogens with zero attached hydrogens (tertiary/aromatic N) is 1. The van der Waals surface area contributed by atoms with Crippen molar-refractivity contribution in [2.75, 3.05) is 32.6 Å². The van der Waals surface area contributed by atoms with E-state index in [-0.39, 0.29) is 17.2 Å². The SMILES string of the molecule is Cc1ccc(NC(=O)COC(=O)COc2ccccc2-c2ccccc2)cc1S(=O)(=O)N(C)C. The third kappa shape index (κ3) is 6.21. The van der Waals surface area contributed by atoms with Gasteiger partial charge in [0.05, 0.1) is 4.90 Å². The molecule has 9 heteroatoms. The van der Waals surface area contributed by atoms with E-state index in [2.05, 4.69) is 5.32 Å². The summed E-state index contributed by atoms with van der Waals surface area (Å²) in [7, 11) is -0.808. The summed E-state index contributed by atoms with van der Waals surface area (Å²) in [5, 5.41) is 2.54. The van der Waals surface area contributed by atoms with Crippen LogP contribution in [0.5, 0.6) is 5.75 Å². The molecule has 0 radical (unpaired) electrons. The van der Waals surface area contributed by atoms with E-state index in [9.17, 15) is 18.0 Å². The molecular formula is C25H26N2O6S. The average molecular weight is 483 g/mol. The van der Waals surface area contributed by atoms with Gasteiger partial charge in [0.15, 0.2) is 13.2 Å². The van der Waals surface area contributed by atoms with Crippen LogP contribution in [0.3, 0.4) is 0 Å². The van der Waals surface area contributed by atoms with E-state index in [4.69, 9.17) is 9.47 Å². The zero-order valence-electron chi connectivity index (χ0n) is 19.1. The van der Waals surface area contributed by atoms with Crippen LogP contribution in [0.25, 0.3) is 11.1 Å². The highest BCUT2D eigenvalue weighted by atomic mass is 32.2. The lowest BCUT2D eigenvalue weighted by molar-refractivity contribution is -0.149. The second-order valence-corrected chi connectivity index (χ2v) is 9.75. The van der Waals surface area contributed by atoms with E-state index in [0.29, 0.717) is 11.3 Å². The van der Waals surface area contributed by atoms with Crippen molar-refractivity contribution in [3.05, 3.63) is 78.4 Å². The number of hydrogen-bond donors (Lipinski definition) is 1. The lowest BCUT2D eigenvalue weighted by atomic mass is 10.1. The predicted molar refractivity (Wildman–Crippen MR) is 129 cm³/mol. The predicted octanol–water partition coefficient (Wildman–Crippen LogP) is 3.47. The molecule has 0 atom stereocenters. The number of amides is 1. The monoisotopic (exact) mass is 482 g/mol. The second kappa shape index (κ2) is 11.0. The summed E-state index contributed by atoms with van der Waals surface area (Å²) in [6.45, 7) is 0.763. The molecule has 0 saturated carbocycles. The van der Waals surface area contributed by atoms with Crippen LogP contribution >= 0.6 is 0 Å².